The highest BCUT2D eigenvalue weighted by Crippen LogP contribution is 2.25. The molecule has 35 heavy (non-hydrogen) atoms. The van der Waals surface area contributed by atoms with E-state index in [-0.39, 0.29) is 29.8 Å². The van der Waals surface area contributed by atoms with Crippen molar-refractivity contribution in [2.75, 3.05) is 11.9 Å². The fourth-order valence-corrected chi connectivity index (χ4v) is 4.23. The molecule has 4 aromatic rings. The van der Waals surface area contributed by atoms with Crippen LogP contribution in [0.5, 0.6) is 0 Å². The molecule has 0 fully saturated rings. The van der Waals surface area contributed by atoms with Gasteiger partial charge in [0.25, 0.3) is 17.7 Å². The number of hydrogen-bond donors (Lipinski definition) is 1. The zero-order chi connectivity index (χ0) is 24.4. The van der Waals surface area contributed by atoms with Crippen molar-refractivity contribution in [2.45, 2.75) is 19.9 Å². The van der Waals surface area contributed by atoms with Crippen LogP contribution in [0.25, 0.3) is 0 Å². The highest BCUT2D eigenvalue weighted by atomic mass is 16.2. The molecule has 0 aliphatic carbocycles. The summed E-state index contributed by atoms with van der Waals surface area (Å²) >= 11 is 0. The van der Waals surface area contributed by atoms with Gasteiger partial charge >= 0.3 is 0 Å². The van der Waals surface area contributed by atoms with Gasteiger partial charge in [0.2, 0.25) is 0 Å². The molecule has 0 saturated carbocycles. The van der Waals surface area contributed by atoms with Crippen LogP contribution in [0.4, 0.5) is 5.82 Å². The van der Waals surface area contributed by atoms with Crippen LogP contribution in [0.1, 0.15) is 47.9 Å². The molecular weight excluding hydrogens is 440 g/mol. The van der Waals surface area contributed by atoms with Gasteiger partial charge in [0, 0.05) is 18.2 Å². The predicted octanol–water partition coefficient (Wildman–Crippen LogP) is 4.33. The molecule has 174 valence electrons. The molecule has 3 aromatic carbocycles. The Morgan fingerprint density at radius 3 is 2.20 bits per heavy atom. The number of carbonyl (C=O) groups is 3. The van der Waals surface area contributed by atoms with Crippen LogP contribution in [-0.4, -0.2) is 38.9 Å². The second-order valence-corrected chi connectivity index (χ2v) is 8.53. The summed E-state index contributed by atoms with van der Waals surface area (Å²) in [5, 5.41) is 7.38. The Balaban J connectivity index is 1.32. The van der Waals surface area contributed by atoms with Crippen molar-refractivity contribution in [2.24, 2.45) is 0 Å². The number of carbonyl (C=O) groups excluding carboxylic acids is 3. The van der Waals surface area contributed by atoms with Gasteiger partial charge in [-0.2, -0.15) is 5.10 Å². The summed E-state index contributed by atoms with van der Waals surface area (Å²) in [6.07, 6.45) is 0.574. The molecule has 0 radical (unpaired) electrons. The van der Waals surface area contributed by atoms with E-state index >= 15 is 0 Å². The van der Waals surface area contributed by atoms with Crippen molar-refractivity contribution in [3.05, 3.63) is 118 Å². The lowest BCUT2D eigenvalue weighted by Gasteiger charge is -2.13. The summed E-state index contributed by atoms with van der Waals surface area (Å²) in [5.74, 6) is -0.515. The van der Waals surface area contributed by atoms with Gasteiger partial charge in [-0.25, -0.2) is 4.68 Å². The number of fused-ring (bicyclic) bond motifs is 1. The molecule has 1 N–H and O–H groups in total. The Hall–Kier alpha value is -4.52. The number of nitrogens with one attached hydrogen (secondary N) is 1. The lowest BCUT2D eigenvalue weighted by atomic mass is 10.1. The van der Waals surface area contributed by atoms with E-state index in [0.29, 0.717) is 29.9 Å². The molecule has 7 heteroatoms. The predicted molar refractivity (Wildman–Crippen MR) is 132 cm³/mol. The van der Waals surface area contributed by atoms with E-state index in [4.69, 9.17) is 0 Å². The highest BCUT2D eigenvalue weighted by molar-refractivity contribution is 6.22. The van der Waals surface area contributed by atoms with Gasteiger partial charge in [-0.3, -0.25) is 19.3 Å². The van der Waals surface area contributed by atoms with Gasteiger partial charge in [0.1, 0.15) is 5.82 Å². The smallest absolute Gasteiger partial charge is 0.261 e. The van der Waals surface area contributed by atoms with Crippen molar-refractivity contribution in [3.8, 4) is 0 Å². The van der Waals surface area contributed by atoms with E-state index < -0.39 is 0 Å². The van der Waals surface area contributed by atoms with Crippen LogP contribution in [0.15, 0.2) is 84.9 Å². The lowest BCUT2D eigenvalue weighted by Crippen LogP contribution is -2.31. The monoisotopic (exact) mass is 464 g/mol. The SMILES string of the molecule is Cc1cc(NC(=O)c2ccc3c(c2)C(=O)N(CCc2ccccc2)C3=O)n(Cc2ccccc2)n1. The molecule has 0 unspecified atom stereocenters. The van der Waals surface area contributed by atoms with Crippen molar-refractivity contribution < 1.29 is 14.4 Å². The molecule has 0 atom stereocenters. The van der Waals surface area contributed by atoms with Gasteiger partial charge in [0.05, 0.1) is 23.4 Å². The molecular formula is C28H24N4O3. The first-order chi connectivity index (χ1) is 17.0. The minimum atomic E-state index is -0.374. The molecule has 2 heterocycles. The van der Waals surface area contributed by atoms with Gasteiger partial charge in [-0.05, 0) is 42.7 Å². The first kappa shape index (κ1) is 22.3. The summed E-state index contributed by atoms with van der Waals surface area (Å²) in [4.78, 5) is 40.1. The van der Waals surface area contributed by atoms with E-state index in [2.05, 4.69) is 10.4 Å². The summed E-state index contributed by atoms with van der Waals surface area (Å²) in [6.45, 7) is 2.66. The molecule has 0 spiro atoms. The largest absolute Gasteiger partial charge is 0.307 e. The molecule has 1 aromatic heterocycles. The van der Waals surface area contributed by atoms with Gasteiger partial charge in [-0.15, -0.1) is 0 Å². The Labute approximate surface area is 203 Å². The van der Waals surface area contributed by atoms with Gasteiger partial charge in [-0.1, -0.05) is 60.7 Å². The Bertz CT molecular complexity index is 1410. The second kappa shape index (κ2) is 9.38. The Morgan fingerprint density at radius 2 is 1.49 bits per heavy atom. The van der Waals surface area contributed by atoms with Crippen LogP contribution >= 0.6 is 0 Å². The quantitative estimate of drug-likeness (QED) is 0.413. The van der Waals surface area contributed by atoms with E-state index in [1.807, 2.05) is 67.6 Å². The summed E-state index contributed by atoms with van der Waals surface area (Å²) in [6, 6.07) is 26.0. The van der Waals surface area contributed by atoms with Crippen LogP contribution in [0, 0.1) is 6.92 Å². The number of aryl methyl sites for hydroxylation is 1. The molecule has 7 nitrogen and oxygen atoms in total. The number of nitrogens with zero attached hydrogens (tertiary/aromatic N) is 3. The van der Waals surface area contributed by atoms with E-state index in [1.165, 1.54) is 11.0 Å². The molecule has 0 bridgehead atoms. The van der Waals surface area contributed by atoms with E-state index in [0.717, 1.165) is 16.8 Å². The molecule has 1 aliphatic rings. The maximum absolute atomic E-state index is 13.0. The number of anilines is 1. The lowest BCUT2D eigenvalue weighted by molar-refractivity contribution is 0.0656. The number of rotatable bonds is 7. The average molecular weight is 465 g/mol. The zero-order valence-corrected chi connectivity index (χ0v) is 19.3. The maximum atomic E-state index is 13.0. The summed E-state index contributed by atoms with van der Waals surface area (Å²) < 4.78 is 1.73. The van der Waals surface area contributed by atoms with Gasteiger partial charge in [0.15, 0.2) is 0 Å². The molecule has 1 aliphatic heterocycles. The Morgan fingerprint density at radius 1 is 0.829 bits per heavy atom. The first-order valence-electron chi connectivity index (χ1n) is 11.4. The summed E-state index contributed by atoms with van der Waals surface area (Å²) in [7, 11) is 0. The third-order valence-electron chi connectivity index (χ3n) is 6.02. The van der Waals surface area contributed by atoms with Crippen LogP contribution in [0.3, 0.4) is 0 Å². The second-order valence-electron chi connectivity index (χ2n) is 8.53. The Kier molecular flexibility index (Phi) is 5.97. The number of aromatic nitrogens is 2. The number of hydrogen-bond acceptors (Lipinski definition) is 4. The highest BCUT2D eigenvalue weighted by Gasteiger charge is 2.35. The molecule has 5 rings (SSSR count). The van der Waals surface area contributed by atoms with Crippen molar-refractivity contribution in [1.29, 1.82) is 0 Å². The van der Waals surface area contributed by atoms with E-state index in [9.17, 15) is 14.4 Å². The van der Waals surface area contributed by atoms with E-state index in [1.54, 1.807) is 22.9 Å². The minimum absolute atomic E-state index is 0.254. The van der Waals surface area contributed by atoms with Crippen LogP contribution in [0.2, 0.25) is 0 Å². The third-order valence-corrected chi connectivity index (χ3v) is 6.02. The fourth-order valence-electron chi connectivity index (χ4n) is 4.23. The number of imide groups is 1. The zero-order valence-electron chi connectivity index (χ0n) is 19.3. The average Bonchev–Trinajstić information content (AvgIpc) is 3.33. The normalized spacial score (nSPS) is 12.7. The first-order valence-corrected chi connectivity index (χ1v) is 11.4. The van der Waals surface area contributed by atoms with Crippen LogP contribution < -0.4 is 5.32 Å². The minimum Gasteiger partial charge on any atom is -0.307 e. The van der Waals surface area contributed by atoms with Gasteiger partial charge < -0.3 is 5.32 Å². The standard InChI is InChI=1S/C28H24N4O3/c1-19-16-25(32(30-19)18-21-10-6-3-7-11-21)29-26(33)22-12-13-23-24(17-22)28(35)31(27(23)34)15-14-20-8-4-2-5-9-20/h2-13,16-17H,14-15,18H2,1H3,(H,29,33). The van der Waals surface area contributed by atoms with Crippen molar-refractivity contribution >= 4 is 23.5 Å². The molecule has 0 saturated heterocycles. The number of amides is 3. The molecule has 3 amide bonds. The number of benzene rings is 3. The van der Waals surface area contributed by atoms with Crippen molar-refractivity contribution in [3.63, 3.8) is 0 Å². The van der Waals surface area contributed by atoms with Crippen LogP contribution in [-0.2, 0) is 13.0 Å². The maximum Gasteiger partial charge on any atom is 0.261 e. The third kappa shape index (κ3) is 4.61. The summed E-state index contributed by atoms with van der Waals surface area (Å²) in [5.41, 5.74) is 3.77. The van der Waals surface area contributed by atoms with Crippen molar-refractivity contribution in [1.82, 2.24) is 14.7 Å². The fraction of sp³-hybridized carbons (Fsp3) is 0.143. The topological polar surface area (TPSA) is 84.3 Å².